The molecule has 0 saturated heterocycles. The smallest absolute Gasteiger partial charge is 0.0737 e. The summed E-state index contributed by atoms with van der Waals surface area (Å²) in [6.45, 7) is 5.28. The van der Waals surface area contributed by atoms with Crippen LogP contribution in [0.4, 0.5) is 5.69 Å². The van der Waals surface area contributed by atoms with Gasteiger partial charge in [-0.2, -0.15) is 0 Å². The molecule has 0 aliphatic rings. The summed E-state index contributed by atoms with van der Waals surface area (Å²) in [5.74, 6) is 0.619. The number of alkyl halides is 1. The molecule has 20 heavy (non-hydrogen) atoms. The molecular formula is C16H20Cl2N2. The zero-order valence-electron chi connectivity index (χ0n) is 11.9. The van der Waals surface area contributed by atoms with Crippen molar-refractivity contribution in [3.05, 3.63) is 35.5 Å². The second-order valence-corrected chi connectivity index (χ2v) is 5.66. The first kappa shape index (κ1) is 15.4. The maximum Gasteiger partial charge on any atom is 0.0737 e. The Hall–Kier alpha value is -0.990. The Bertz CT molecular complexity index is 567. The van der Waals surface area contributed by atoms with Crippen LogP contribution in [0.25, 0.3) is 10.9 Å². The minimum atomic E-state index is 0.495. The first-order chi connectivity index (χ1) is 9.71. The van der Waals surface area contributed by atoms with Crippen molar-refractivity contribution in [3.8, 4) is 0 Å². The summed E-state index contributed by atoms with van der Waals surface area (Å²) in [4.78, 5) is 6.81. The van der Waals surface area contributed by atoms with E-state index in [4.69, 9.17) is 23.2 Å². The van der Waals surface area contributed by atoms with Gasteiger partial charge < -0.3 is 4.90 Å². The second-order valence-electron chi connectivity index (χ2n) is 4.84. The van der Waals surface area contributed by atoms with E-state index in [9.17, 15) is 0 Å². The summed E-state index contributed by atoms with van der Waals surface area (Å²) in [5.41, 5.74) is 2.13. The van der Waals surface area contributed by atoms with Crippen molar-refractivity contribution in [1.82, 2.24) is 4.98 Å². The minimum Gasteiger partial charge on any atom is -0.367 e. The Morgan fingerprint density at radius 2 is 1.95 bits per heavy atom. The highest BCUT2D eigenvalue weighted by atomic mass is 35.5. The molecule has 0 aliphatic carbocycles. The lowest BCUT2D eigenvalue weighted by Gasteiger charge is -2.33. The molecule has 2 aromatic rings. The highest BCUT2D eigenvalue weighted by molar-refractivity contribution is 6.31. The van der Waals surface area contributed by atoms with Crippen molar-refractivity contribution >= 4 is 39.8 Å². The van der Waals surface area contributed by atoms with Crippen molar-refractivity contribution in [3.63, 3.8) is 0 Å². The second kappa shape index (κ2) is 7.14. The quantitative estimate of drug-likeness (QED) is 0.688. The largest absolute Gasteiger partial charge is 0.367 e. The molecule has 108 valence electrons. The van der Waals surface area contributed by atoms with Crippen LogP contribution in [0, 0.1) is 0 Å². The van der Waals surface area contributed by atoms with Crippen molar-refractivity contribution in [2.24, 2.45) is 0 Å². The van der Waals surface area contributed by atoms with E-state index in [1.165, 1.54) is 5.69 Å². The maximum atomic E-state index is 6.05. The number of fused-ring (bicyclic) bond motifs is 1. The fraction of sp³-hybridized carbons (Fsp3) is 0.438. The van der Waals surface area contributed by atoms with Gasteiger partial charge in [-0.15, -0.1) is 11.6 Å². The summed E-state index contributed by atoms with van der Waals surface area (Å²) in [7, 11) is 0. The summed E-state index contributed by atoms with van der Waals surface area (Å²) in [6, 6.07) is 8.44. The lowest BCUT2D eigenvalue weighted by Crippen LogP contribution is -2.36. The van der Waals surface area contributed by atoms with Crippen LogP contribution in [-0.4, -0.2) is 23.5 Å². The highest BCUT2D eigenvalue weighted by Gasteiger charge is 2.17. The van der Waals surface area contributed by atoms with Gasteiger partial charge in [-0.05, 0) is 37.1 Å². The van der Waals surface area contributed by atoms with Crippen LogP contribution in [-0.2, 0) is 0 Å². The predicted molar refractivity (Wildman–Crippen MR) is 89.2 cm³/mol. The molecule has 2 rings (SSSR count). The molecule has 0 bridgehead atoms. The van der Waals surface area contributed by atoms with Crippen LogP contribution in [0.3, 0.4) is 0 Å². The zero-order valence-corrected chi connectivity index (χ0v) is 13.5. The SMILES string of the molecule is CCC(CC)N(CCCl)c1ccnc2cc(Cl)ccc12. The third-order valence-corrected chi connectivity index (χ3v) is 4.10. The van der Waals surface area contributed by atoms with Crippen LogP contribution in [0.2, 0.25) is 5.02 Å². The van der Waals surface area contributed by atoms with E-state index in [1.807, 2.05) is 24.4 Å². The number of hydrogen-bond donors (Lipinski definition) is 0. The van der Waals surface area contributed by atoms with Gasteiger partial charge in [0.1, 0.15) is 0 Å². The number of nitrogens with zero attached hydrogens (tertiary/aromatic N) is 2. The maximum absolute atomic E-state index is 6.05. The van der Waals surface area contributed by atoms with Crippen LogP contribution >= 0.6 is 23.2 Å². The van der Waals surface area contributed by atoms with Crippen molar-refractivity contribution in [2.75, 3.05) is 17.3 Å². The number of halogens is 2. The number of hydrogen-bond acceptors (Lipinski definition) is 2. The van der Waals surface area contributed by atoms with E-state index < -0.39 is 0 Å². The average molecular weight is 311 g/mol. The third-order valence-electron chi connectivity index (χ3n) is 3.70. The first-order valence-electron chi connectivity index (χ1n) is 7.08. The number of anilines is 1. The van der Waals surface area contributed by atoms with E-state index in [1.54, 1.807) is 0 Å². The van der Waals surface area contributed by atoms with Gasteiger partial charge in [-0.3, -0.25) is 4.98 Å². The molecule has 1 aromatic carbocycles. The van der Waals surface area contributed by atoms with Gasteiger partial charge in [0.05, 0.1) is 5.52 Å². The van der Waals surface area contributed by atoms with E-state index in [0.717, 1.165) is 30.3 Å². The van der Waals surface area contributed by atoms with Crippen LogP contribution < -0.4 is 4.90 Å². The van der Waals surface area contributed by atoms with Gasteiger partial charge in [-0.25, -0.2) is 0 Å². The summed E-state index contributed by atoms with van der Waals surface area (Å²) in [5, 5.41) is 1.85. The Labute approximate surface area is 130 Å². The van der Waals surface area contributed by atoms with Gasteiger partial charge >= 0.3 is 0 Å². The summed E-state index contributed by atoms with van der Waals surface area (Å²) < 4.78 is 0. The molecule has 0 N–H and O–H groups in total. The van der Waals surface area contributed by atoms with E-state index >= 15 is 0 Å². The lowest BCUT2D eigenvalue weighted by molar-refractivity contribution is 0.569. The zero-order chi connectivity index (χ0) is 14.5. The monoisotopic (exact) mass is 310 g/mol. The average Bonchev–Trinajstić information content (AvgIpc) is 2.46. The Morgan fingerprint density at radius 1 is 1.20 bits per heavy atom. The number of aromatic nitrogens is 1. The number of pyridine rings is 1. The van der Waals surface area contributed by atoms with E-state index in [0.29, 0.717) is 16.9 Å². The van der Waals surface area contributed by atoms with Crippen LogP contribution in [0.15, 0.2) is 30.5 Å². The van der Waals surface area contributed by atoms with Crippen molar-refractivity contribution < 1.29 is 0 Å². The molecular weight excluding hydrogens is 291 g/mol. The fourth-order valence-electron chi connectivity index (χ4n) is 2.68. The van der Waals surface area contributed by atoms with E-state index in [-0.39, 0.29) is 0 Å². The molecule has 0 fully saturated rings. The molecule has 1 heterocycles. The first-order valence-corrected chi connectivity index (χ1v) is 7.99. The number of rotatable bonds is 6. The standard InChI is InChI=1S/C16H20Cl2N2/c1-3-13(4-2)20(10-8-17)16-7-9-19-15-11-12(18)5-6-14(15)16/h5-7,9,11,13H,3-4,8,10H2,1-2H3. The molecule has 0 amide bonds. The molecule has 1 aromatic heterocycles. The molecule has 0 saturated carbocycles. The fourth-order valence-corrected chi connectivity index (χ4v) is 3.03. The van der Waals surface area contributed by atoms with Crippen LogP contribution in [0.5, 0.6) is 0 Å². The highest BCUT2D eigenvalue weighted by Crippen LogP contribution is 2.30. The normalized spacial score (nSPS) is 11.2. The Kier molecular flexibility index (Phi) is 5.50. The molecule has 0 radical (unpaired) electrons. The predicted octanol–water partition coefficient (Wildman–Crippen LogP) is 5.12. The van der Waals surface area contributed by atoms with Gasteiger partial charge in [0.25, 0.3) is 0 Å². The van der Waals surface area contributed by atoms with Gasteiger partial charge in [0.2, 0.25) is 0 Å². The molecule has 0 spiro atoms. The van der Waals surface area contributed by atoms with E-state index in [2.05, 4.69) is 29.8 Å². The topological polar surface area (TPSA) is 16.1 Å². The van der Waals surface area contributed by atoms with Crippen LogP contribution in [0.1, 0.15) is 26.7 Å². The minimum absolute atomic E-state index is 0.495. The van der Waals surface area contributed by atoms with Crippen molar-refractivity contribution in [2.45, 2.75) is 32.7 Å². The van der Waals surface area contributed by atoms with Crippen molar-refractivity contribution in [1.29, 1.82) is 0 Å². The Morgan fingerprint density at radius 3 is 2.60 bits per heavy atom. The lowest BCUT2D eigenvalue weighted by atomic mass is 10.1. The van der Waals surface area contributed by atoms with Gasteiger partial charge in [0.15, 0.2) is 0 Å². The molecule has 0 atom stereocenters. The third kappa shape index (κ3) is 3.18. The molecule has 2 nitrogen and oxygen atoms in total. The summed E-state index contributed by atoms with van der Waals surface area (Å²) >= 11 is 12.1. The van der Waals surface area contributed by atoms with Gasteiger partial charge in [-0.1, -0.05) is 25.4 Å². The van der Waals surface area contributed by atoms with Gasteiger partial charge in [0, 0.05) is 40.8 Å². The Balaban J connectivity index is 2.52. The number of benzene rings is 1. The molecule has 0 unspecified atom stereocenters. The molecule has 0 aliphatic heterocycles. The molecule has 4 heteroatoms. The summed E-state index contributed by atoms with van der Waals surface area (Å²) in [6.07, 6.45) is 4.05.